The highest BCUT2D eigenvalue weighted by atomic mass is 16.5. The summed E-state index contributed by atoms with van der Waals surface area (Å²) in [5.41, 5.74) is 3.20. The Kier molecular flexibility index (Phi) is 7.76. The Morgan fingerprint density at radius 3 is 2.27 bits per heavy atom. The van der Waals surface area contributed by atoms with Crippen LogP contribution in [0, 0.1) is 5.92 Å². The zero-order valence-corrected chi connectivity index (χ0v) is 19.0. The van der Waals surface area contributed by atoms with Crippen molar-refractivity contribution in [1.29, 1.82) is 0 Å². The van der Waals surface area contributed by atoms with E-state index in [0.29, 0.717) is 16.8 Å². The number of rotatable bonds is 10. The molecule has 2 aromatic carbocycles. The van der Waals surface area contributed by atoms with Gasteiger partial charge in [-0.2, -0.15) is 0 Å². The Labute approximate surface area is 192 Å². The number of hydrogen-bond donors (Lipinski definition) is 2. The van der Waals surface area contributed by atoms with Crippen molar-refractivity contribution >= 4 is 11.9 Å². The minimum absolute atomic E-state index is 0.151. The molecule has 33 heavy (non-hydrogen) atoms. The normalized spacial score (nSPS) is 12.0. The molecule has 3 rings (SSSR count). The predicted octanol–water partition coefficient (Wildman–Crippen LogP) is 3.87. The van der Waals surface area contributed by atoms with Crippen LogP contribution >= 0.6 is 0 Å². The molecule has 1 heterocycles. The number of benzene rings is 2. The minimum atomic E-state index is -0.998. The summed E-state index contributed by atoms with van der Waals surface area (Å²) in [7, 11) is 0. The summed E-state index contributed by atoms with van der Waals surface area (Å²) >= 11 is 0. The Hall–Kier alpha value is -3.75. The summed E-state index contributed by atoms with van der Waals surface area (Å²) in [6.45, 7) is 5.84. The first-order valence-corrected chi connectivity index (χ1v) is 11.0. The fraction of sp³-hybridized carbons (Fsp3) is 0.375. The Bertz CT molecular complexity index is 1090. The van der Waals surface area contributed by atoms with Crippen LogP contribution in [0.3, 0.4) is 0 Å². The van der Waals surface area contributed by atoms with Gasteiger partial charge in [-0.25, -0.2) is 4.79 Å². The summed E-state index contributed by atoms with van der Waals surface area (Å²) < 4.78 is 0. The average molecular weight is 452 g/mol. The Morgan fingerprint density at radius 1 is 1.06 bits per heavy atom. The zero-order valence-electron chi connectivity index (χ0n) is 19.0. The van der Waals surface area contributed by atoms with Gasteiger partial charge in [0.1, 0.15) is 6.04 Å². The van der Waals surface area contributed by atoms with Gasteiger partial charge in [-0.3, -0.25) is 4.79 Å². The third kappa shape index (κ3) is 5.54. The minimum Gasteiger partial charge on any atom is -0.480 e. The van der Waals surface area contributed by atoms with Crippen LogP contribution in [0.2, 0.25) is 0 Å². The SMILES string of the molecule is CCCCC(=O)N(Cc1ccc(-c2ccccc2-c2nnnn2O)cc1)[C@H](C(=O)O)C(C)C. The van der Waals surface area contributed by atoms with Crippen molar-refractivity contribution in [2.24, 2.45) is 5.92 Å². The van der Waals surface area contributed by atoms with Gasteiger partial charge in [0.15, 0.2) is 0 Å². The lowest BCUT2D eigenvalue weighted by Gasteiger charge is -2.32. The van der Waals surface area contributed by atoms with E-state index in [1.165, 1.54) is 4.90 Å². The molecule has 9 heteroatoms. The van der Waals surface area contributed by atoms with Crippen LogP contribution in [-0.4, -0.2) is 53.5 Å². The topological polar surface area (TPSA) is 121 Å². The lowest BCUT2D eigenvalue weighted by atomic mass is 9.97. The first kappa shape index (κ1) is 23.9. The number of carboxylic acids is 1. The summed E-state index contributed by atoms with van der Waals surface area (Å²) in [4.78, 5) is 26.9. The molecule has 0 aliphatic heterocycles. The molecule has 1 aromatic heterocycles. The van der Waals surface area contributed by atoms with Crippen LogP contribution in [-0.2, 0) is 16.1 Å². The largest absolute Gasteiger partial charge is 0.480 e. The average Bonchev–Trinajstić information content (AvgIpc) is 3.22. The number of carbonyl (C=O) groups is 2. The van der Waals surface area contributed by atoms with E-state index in [2.05, 4.69) is 15.5 Å². The van der Waals surface area contributed by atoms with Crippen molar-refractivity contribution in [3.63, 3.8) is 0 Å². The molecule has 9 nitrogen and oxygen atoms in total. The molecule has 0 bridgehead atoms. The van der Waals surface area contributed by atoms with Crippen LogP contribution in [0.25, 0.3) is 22.5 Å². The maximum atomic E-state index is 12.9. The molecule has 2 N–H and O–H groups in total. The van der Waals surface area contributed by atoms with E-state index >= 15 is 0 Å². The second-order valence-corrected chi connectivity index (χ2v) is 8.29. The van der Waals surface area contributed by atoms with Crippen molar-refractivity contribution < 1.29 is 19.9 Å². The molecule has 3 aromatic rings. The molecule has 0 fully saturated rings. The number of carbonyl (C=O) groups excluding carboxylic acids is 1. The molecular weight excluding hydrogens is 422 g/mol. The summed E-state index contributed by atoms with van der Waals surface area (Å²) in [6, 6.07) is 14.1. The van der Waals surface area contributed by atoms with Gasteiger partial charge >= 0.3 is 5.97 Å². The third-order valence-electron chi connectivity index (χ3n) is 5.52. The van der Waals surface area contributed by atoms with Crippen molar-refractivity contribution in [2.75, 3.05) is 0 Å². The number of amides is 1. The first-order valence-electron chi connectivity index (χ1n) is 11.0. The molecule has 174 valence electrons. The van der Waals surface area contributed by atoms with E-state index in [0.717, 1.165) is 29.5 Å². The van der Waals surface area contributed by atoms with E-state index in [1.807, 2.05) is 69.3 Å². The fourth-order valence-corrected chi connectivity index (χ4v) is 3.85. The first-order chi connectivity index (χ1) is 15.8. The van der Waals surface area contributed by atoms with Gasteiger partial charge in [0, 0.05) is 18.5 Å². The number of tetrazole rings is 1. The van der Waals surface area contributed by atoms with Crippen LogP contribution in [0.4, 0.5) is 0 Å². The van der Waals surface area contributed by atoms with Crippen molar-refractivity contribution in [1.82, 2.24) is 25.3 Å². The van der Waals surface area contributed by atoms with Crippen molar-refractivity contribution in [3.8, 4) is 22.5 Å². The quantitative estimate of drug-likeness (QED) is 0.449. The number of aliphatic carboxylic acids is 1. The van der Waals surface area contributed by atoms with E-state index in [-0.39, 0.29) is 24.2 Å². The molecule has 0 radical (unpaired) electrons. The lowest BCUT2D eigenvalue weighted by molar-refractivity contribution is -0.153. The molecule has 1 amide bonds. The van der Waals surface area contributed by atoms with Gasteiger partial charge in [0.05, 0.1) is 0 Å². The van der Waals surface area contributed by atoms with E-state index < -0.39 is 12.0 Å². The molecule has 0 saturated heterocycles. The lowest BCUT2D eigenvalue weighted by Crippen LogP contribution is -2.47. The maximum Gasteiger partial charge on any atom is 0.326 e. The number of nitrogens with zero attached hydrogens (tertiary/aromatic N) is 5. The van der Waals surface area contributed by atoms with Crippen LogP contribution in [0.5, 0.6) is 0 Å². The highest BCUT2D eigenvalue weighted by Gasteiger charge is 2.32. The van der Waals surface area contributed by atoms with Crippen molar-refractivity contribution in [3.05, 3.63) is 54.1 Å². The third-order valence-corrected chi connectivity index (χ3v) is 5.52. The van der Waals surface area contributed by atoms with Gasteiger partial charge in [-0.05, 0) is 39.5 Å². The van der Waals surface area contributed by atoms with Gasteiger partial charge in [0.25, 0.3) is 0 Å². The Morgan fingerprint density at radius 2 is 1.73 bits per heavy atom. The number of hydrogen-bond acceptors (Lipinski definition) is 6. The summed E-state index contributed by atoms with van der Waals surface area (Å²) in [5.74, 6) is -1.14. The van der Waals surface area contributed by atoms with Crippen LogP contribution in [0.15, 0.2) is 48.5 Å². The summed E-state index contributed by atoms with van der Waals surface area (Å²) in [5, 5.41) is 30.5. The highest BCUT2D eigenvalue weighted by molar-refractivity contribution is 5.84. The molecule has 0 unspecified atom stereocenters. The number of carboxylic acid groups (broad SMARTS) is 1. The summed E-state index contributed by atoms with van der Waals surface area (Å²) in [6.07, 6.45) is 1.92. The van der Waals surface area contributed by atoms with E-state index in [9.17, 15) is 19.9 Å². The van der Waals surface area contributed by atoms with Gasteiger partial charge < -0.3 is 15.2 Å². The molecule has 1 atom stereocenters. The second-order valence-electron chi connectivity index (χ2n) is 8.29. The van der Waals surface area contributed by atoms with Gasteiger partial charge in [-0.15, -0.1) is 5.10 Å². The van der Waals surface area contributed by atoms with Crippen LogP contribution < -0.4 is 0 Å². The fourth-order valence-electron chi connectivity index (χ4n) is 3.85. The number of unbranched alkanes of at least 4 members (excludes halogenated alkanes) is 1. The molecule has 0 spiro atoms. The molecule has 0 aliphatic carbocycles. The monoisotopic (exact) mass is 451 g/mol. The molecule has 0 aliphatic rings. The highest BCUT2D eigenvalue weighted by Crippen LogP contribution is 2.30. The molecule has 0 saturated carbocycles. The second kappa shape index (κ2) is 10.7. The number of aromatic nitrogens is 4. The van der Waals surface area contributed by atoms with Gasteiger partial charge in [-0.1, -0.05) is 80.6 Å². The van der Waals surface area contributed by atoms with Gasteiger partial charge in [0.2, 0.25) is 11.7 Å². The van der Waals surface area contributed by atoms with E-state index in [1.54, 1.807) is 0 Å². The van der Waals surface area contributed by atoms with Crippen LogP contribution in [0.1, 0.15) is 45.6 Å². The maximum absolute atomic E-state index is 12.9. The van der Waals surface area contributed by atoms with E-state index in [4.69, 9.17) is 0 Å². The smallest absolute Gasteiger partial charge is 0.326 e. The zero-order chi connectivity index (χ0) is 24.0. The molecular formula is C24H29N5O4. The van der Waals surface area contributed by atoms with Crippen molar-refractivity contribution in [2.45, 2.75) is 52.6 Å². The predicted molar refractivity (Wildman–Crippen MR) is 122 cm³/mol. The Balaban J connectivity index is 1.89. The standard InChI is InChI=1S/C24H29N5O4/c1-4-5-10-21(30)28(22(16(2)3)24(31)32)15-17-11-13-18(14-12-17)19-8-6-7-9-20(19)23-25-26-27-29(23)33/h6-9,11-14,16,22,33H,4-5,10,15H2,1-3H3,(H,31,32)/t22-/m0/s1.